The molecule has 1 saturated carbocycles. The fourth-order valence-electron chi connectivity index (χ4n) is 4.77. The van der Waals surface area contributed by atoms with Gasteiger partial charge in [-0.2, -0.15) is 0 Å². The minimum Gasteiger partial charge on any atom is -0.494 e. The third-order valence-corrected chi connectivity index (χ3v) is 7.23. The highest BCUT2D eigenvalue weighted by molar-refractivity contribution is 5.91. The Labute approximate surface area is 227 Å². The molecule has 1 fully saturated rings. The summed E-state index contributed by atoms with van der Waals surface area (Å²) >= 11 is 0. The van der Waals surface area contributed by atoms with Crippen LogP contribution in [-0.4, -0.2) is 30.8 Å². The van der Waals surface area contributed by atoms with Crippen molar-refractivity contribution >= 4 is 11.9 Å². The highest BCUT2D eigenvalue weighted by atomic mass is 19.1. The first-order valence-electron chi connectivity index (χ1n) is 14.4. The molecule has 208 valence electrons. The monoisotopic (exact) mass is 526 g/mol. The predicted octanol–water partition coefficient (Wildman–Crippen LogP) is 8.04. The number of ether oxygens (including phenoxy) is 3. The van der Waals surface area contributed by atoms with Crippen LogP contribution in [0.3, 0.4) is 0 Å². The average molecular weight is 527 g/mol. The van der Waals surface area contributed by atoms with Gasteiger partial charge in [-0.15, -0.1) is 0 Å². The zero-order valence-corrected chi connectivity index (χ0v) is 23.0. The minimum absolute atomic E-state index is 0.151. The smallest absolute Gasteiger partial charge is 0.343 e. The van der Waals surface area contributed by atoms with Gasteiger partial charge in [0.2, 0.25) is 0 Å². The third-order valence-electron chi connectivity index (χ3n) is 7.23. The lowest BCUT2D eigenvalue weighted by molar-refractivity contribution is -0.157. The molecule has 2 aromatic carbocycles. The van der Waals surface area contributed by atoms with Crippen LogP contribution in [0.2, 0.25) is 0 Å². The second-order valence-electron chi connectivity index (χ2n) is 10.3. The second kappa shape index (κ2) is 16.2. The first-order chi connectivity index (χ1) is 18.5. The van der Waals surface area contributed by atoms with Crippen molar-refractivity contribution in [1.82, 2.24) is 0 Å². The Kier molecular flexibility index (Phi) is 12.6. The van der Waals surface area contributed by atoms with Crippen molar-refractivity contribution in [2.24, 2.45) is 5.92 Å². The Morgan fingerprint density at radius 3 is 2.18 bits per heavy atom. The summed E-state index contributed by atoms with van der Waals surface area (Å²) in [6.07, 6.45) is 9.08. The molecule has 38 heavy (non-hydrogen) atoms. The molecule has 0 aromatic heterocycles. The molecule has 0 saturated heterocycles. The van der Waals surface area contributed by atoms with E-state index < -0.39 is 18.1 Å². The molecular formula is C32H43FO5. The molecule has 0 amide bonds. The topological polar surface area (TPSA) is 61.8 Å². The van der Waals surface area contributed by atoms with Gasteiger partial charge in [-0.25, -0.2) is 14.0 Å². The first-order valence-corrected chi connectivity index (χ1v) is 14.4. The van der Waals surface area contributed by atoms with Crippen LogP contribution < -0.4 is 9.47 Å². The molecule has 0 spiro atoms. The number of hydrogen-bond donors (Lipinski definition) is 0. The quantitative estimate of drug-likeness (QED) is 0.133. The Morgan fingerprint density at radius 1 is 0.868 bits per heavy atom. The van der Waals surface area contributed by atoms with Crippen molar-refractivity contribution in [2.45, 2.75) is 103 Å². The molecule has 3 rings (SSSR count). The van der Waals surface area contributed by atoms with Gasteiger partial charge in [0.15, 0.2) is 6.17 Å². The summed E-state index contributed by atoms with van der Waals surface area (Å²) in [5, 5.41) is 0. The molecule has 0 unspecified atom stereocenters. The zero-order chi connectivity index (χ0) is 27.2. The number of unbranched alkanes of at least 4 members (excludes halogenated alkanes) is 3. The molecule has 1 aliphatic carbocycles. The van der Waals surface area contributed by atoms with Gasteiger partial charge in [0.25, 0.3) is 0 Å². The van der Waals surface area contributed by atoms with Crippen LogP contribution in [-0.2, 0) is 16.0 Å². The fourth-order valence-corrected chi connectivity index (χ4v) is 4.77. The normalized spacial score (nSPS) is 18.0. The van der Waals surface area contributed by atoms with Gasteiger partial charge in [-0.05, 0) is 99.2 Å². The van der Waals surface area contributed by atoms with E-state index in [0.29, 0.717) is 30.3 Å². The number of aryl methyl sites for hydroxylation is 1. The number of benzene rings is 2. The van der Waals surface area contributed by atoms with Gasteiger partial charge in [0.05, 0.1) is 12.2 Å². The second-order valence-corrected chi connectivity index (χ2v) is 10.3. The molecule has 6 heteroatoms. The lowest BCUT2D eigenvalue weighted by Gasteiger charge is -2.28. The van der Waals surface area contributed by atoms with E-state index in [2.05, 4.69) is 6.92 Å². The zero-order valence-electron chi connectivity index (χ0n) is 23.0. The first kappa shape index (κ1) is 29.7. The van der Waals surface area contributed by atoms with E-state index in [1.54, 1.807) is 24.3 Å². The Morgan fingerprint density at radius 2 is 1.53 bits per heavy atom. The summed E-state index contributed by atoms with van der Waals surface area (Å²) in [7, 11) is 0. The van der Waals surface area contributed by atoms with Crippen LogP contribution in [0.25, 0.3) is 0 Å². The molecule has 1 aliphatic rings. The number of alkyl halides is 1. The van der Waals surface area contributed by atoms with Crippen LogP contribution in [0.15, 0.2) is 48.5 Å². The Balaban J connectivity index is 1.35. The van der Waals surface area contributed by atoms with Gasteiger partial charge in [-0.3, -0.25) is 0 Å². The van der Waals surface area contributed by atoms with E-state index in [4.69, 9.17) is 14.2 Å². The molecular weight excluding hydrogens is 483 g/mol. The van der Waals surface area contributed by atoms with Crippen LogP contribution >= 0.6 is 0 Å². The number of hydrogen-bond acceptors (Lipinski definition) is 5. The largest absolute Gasteiger partial charge is 0.494 e. The van der Waals surface area contributed by atoms with Crippen molar-refractivity contribution < 1.29 is 28.2 Å². The van der Waals surface area contributed by atoms with Gasteiger partial charge in [-0.1, -0.05) is 51.7 Å². The van der Waals surface area contributed by atoms with E-state index in [1.165, 1.54) is 5.56 Å². The molecule has 0 N–H and O–H groups in total. The van der Waals surface area contributed by atoms with Crippen LogP contribution in [0, 0.1) is 5.92 Å². The molecule has 0 bridgehead atoms. The van der Waals surface area contributed by atoms with Gasteiger partial charge >= 0.3 is 11.9 Å². The van der Waals surface area contributed by atoms with Crippen LogP contribution in [0.4, 0.5) is 4.39 Å². The Hall–Kier alpha value is -2.89. The van der Waals surface area contributed by atoms with Crippen molar-refractivity contribution in [3.05, 3.63) is 59.7 Å². The van der Waals surface area contributed by atoms with E-state index >= 15 is 0 Å². The number of esters is 2. The van der Waals surface area contributed by atoms with Crippen molar-refractivity contribution in [1.29, 1.82) is 0 Å². The molecule has 5 nitrogen and oxygen atoms in total. The minimum atomic E-state index is -1.49. The lowest BCUT2D eigenvalue weighted by atomic mass is 9.83. The van der Waals surface area contributed by atoms with E-state index in [0.717, 1.165) is 70.0 Å². The van der Waals surface area contributed by atoms with Gasteiger partial charge < -0.3 is 14.2 Å². The van der Waals surface area contributed by atoms with E-state index in [9.17, 15) is 14.0 Å². The molecule has 0 aliphatic heterocycles. The maximum Gasteiger partial charge on any atom is 0.343 e. The number of carbonyl (C=O) groups is 2. The SMILES string of the molecule is CCCCCOc1ccc(C(=O)Oc2ccc(CC[C@H]3CC[C@H](OC(=O)[C@@H](F)CCCC)CC3)cc2)cc1. The van der Waals surface area contributed by atoms with Crippen molar-refractivity contribution in [3.63, 3.8) is 0 Å². The average Bonchev–Trinajstić information content (AvgIpc) is 2.94. The van der Waals surface area contributed by atoms with Crippen LogP contribution in [0.1, 0.15) is 100 Å². The summed E-state index contributed by atoms with van der Waals surface area (Å²) in [5.74, 6) is 0.768. The maximum absolute atomic E-state index is 13.9. The van der Waals surface area contributed by atoms with Gasteiger partial charge in [0, 0.05) is 0 Å². The third kappa shape index (κ3) is 10.1. The molecule has 0 radical (unpaired) electrons. The molecule has 0 heterocycles. The Bertz CT molecular complexity index is 964. The predicted molar refractivity (Wildman–Crippen MR) is 147 cm³/mol. The standard InChI is InChI=1S/C32H43FO5/c1-3-5-7-23-36-27-21-15-26(16-22-27)31(34)37-28-17-11-24(12-18-28)9-10-25-13-19-29(20-14-25)38-32(35)30(33)8-6-4-2/h11-12,15-18,21-22,25,29-30H,3-10,13-14,19-20,23H2,1-2H3/t25-,29-,30-/m0/s1. The van der Waals surface area contributed by atoms with E-state index in [1.807, 2.05) is 31.2 Å². The summed E-state index contributed by atoms with van der Waals surface area (Å²) in [6.45, 7) is 4.82. The summed E-state index contributed by atoms with van der Waals surface area (Å²) in [5.41, 5.74) is 1.68. The number of halogens is 1. The summed E-state index contributed by atoms with van der Waals surface area (Å²) < 4.78 is 30.5. The highest BCUT2D eigenvalue weighted by Gasteiger charge is 2.27. The summed E-state index contributed by atoms with van der Waals surface area (Å²) in [4.78, 5) is 24.4. The van der Waals surface area contributed by atoms with Gasteiger partial charge in [0.1, 0.15) is 17.6 Å². The number of carbonyl (C=O) groups excluding carboxylic acids is 2. The van der Waals surface area contributed by atoms with Crippen molar-refractivity contribution in [3.8, 4) is 11.5 Å². The lowest BCUT2D eigenvalue weighted by Crippen LogP contribution is -2.29. The summed E-state index contributed by atoms with van der Waals surface area (Å²) in [6, 6.07) is 14.7. The fraction of sp³-hybridized carbons (Fsp3) is 0.562. The van der Waals surface area contributed by atoms with E-state index in [-0.39, 0.29) is 12.5 Å². The molecule has 2 aromatic rings. The maximum atomic E-state index is 13.9. The molecule has 1 atom stereocenters. The number of rotatable bonds is 15. The highest BCUT2D eigenvalue weighted by Crippen LogP contribution is 2.30. The van der Waals surface area contributed by atoms with Crippen LogP contribution in [0.5, 0.6) is 11.5 Å². The van der Waals surface area contributed by atoms with Crippen molar-refractivity contribution in [2.75, 3.05) is 6.61 Å².